The van der Waals surface area contributed by atoms with Crippen molar-refractivity contribution in [3.8, 4) is 0 Å². The predicted molar refractivity (Wildman–Crippen MR) is 116 cm³/mol. The van der Waals surface area contributed by atoms with E-state index in [4.69, 9.17) is 5.73 Å². The van der Waals surface area contributed by atoms with Gasteiger partial charge in [-0.05, 0) is 37.1 Å². The molecule has 1 fully saturated rings. The van der Waals surface area contributed by atoms with Gasteiger partial charge in [0.1, 0.15) is 5.82 Å². The highest BCUT2D eigenvalue weighted by Gasteiger charge is 2.16. The van der Waals surface area contributed by atoms with E-state index in [1.165, 1.54) is 12.8 Å². The van der Waals surface area contributed by atoms with Crippen molar-refractivity contribution in [3.05, 3.63) is 53.7 Å². The SMILES string of the molecule is Cl.Cl.NCCNC(=O)c1ccccc1NC(=O)c1ccc(N2CCCC2)nc1. The minimum absolute atomic E-state index is 0. The molecule has 0 saturated carbocycles. The van der Waals surface area contributed by atoms with Crippen LogP contribution in [0.2, 0.25) is 0 Å². The minimum Gasteiger partial charge on any atom is -0.357 e. The summed E-state index contributed by atoms with van der Waals surface area (Å²) in [5.41, 5.74) is 6.71. The average molecular weight is 426 g/mol. The molecule has 152 valence electrons. The number of nitrogens with zero attached hydrogens (tertiary/aromatic N) is 2. The van der Waals surface area contributed by atoms with Gasteiger partial charge in [-0.25, -0.2) is 4.98 Å². The van der Waals surface area contributed by atoms with Crippen LogP contribution in [0, 0.1) is 0 Å². The van der Waals surface area contributed by atoms with Gasteiger partial charge in [0.05, 0.1) is 16.8 Å². The number of carbonyl (C=O) groups excluding carboxylic acids is 2. The van der Waals surface area contributed by atoms with Crippen LogP contribution in [0.5, 0.6) is 0 Å². The van der Waals surface area contributed by atoms with Crippen LogP contribution >= 0.6 is 24.8 Å². The first-order valence-electron chi connectivity index (χ1n) is 8.78. The van der Waals surface area contributed by atoms with Gasteiger partial charge >= 0.3 is 0 Å². The average Bonchev–Trinajstić information content (AvgIpc) is 3.21. The third kappa shape index (κ3) is 5.82. The fraction of sp³-hybridized carbons (Fsp3) is 0.316. The molecule has 0 spiro atoms. The lowest BCUT2D eigenvalue weighted by atomic mass is 10.1. The third-order valence-corrected chi connectivity index (χ3v) is 4.29. The third-order valence-electron chi connectivity index (χ3n) is 4.29. The van der Waals surface area contributed by atoms with Gasteiger partial charge in [0, 0.05) is 32.4 Å². The molecule has 1 aliphatic rings. The molecule has 0 unspecified atom stereocenters. The molecule has 2 aromatic rings. The molecule has 3 rings (SSSR count). The number of hydrogen-bond donors (Lipinski definition) is 3. The zero-order valence-corrected chi connectivity index (χ0v) is 17.0. The van der Waals surface area contributed by atoms with E-state index in [1.807, 2.05) is 6.07 Å². The number of nitrogens with two attached hydrogens (primary N) is 1. The molecule has 7 nitrogen and oxygen atoms in total. The van der Waals surface area contributed by atoms with E-state index < -0.39 is 0 Å². The molecule has 0 atom stereocenters. The van der Waals surface area contributed by atoms with Crippen molar-refractivity contribution in [2.75, 3.05) is 36.4 Å². The molecule has 0 radical (unpaired) electrons. The Morgan fingerprint density at radius 2 is 1.75 bits per heavy atom. The van der Waals surface area contributed by atoms with Crippen LogP contribution in [0.1, 0.15) is 33.6 Å². The Morgan fingerprint density at radius 1 is 1.04 bits per heavy atom. The van der Waals surface area contributed by atoms with Gasteiger partial charge in [-0.3, -0.25) is 9.59 Å². The van der Waals surface area contributed by atoms with E-state index in [1.54, 1.807) is 36.5 Å². The normalized spacial score (nSPS) is 12.5. The molecule has 1 aliphatic heterocycles. The second kappa shape index (κ2) is 11.5. The number of amides is 2. The maximum Gasteiger partial charge on any atom is 0.257 e. The Labute approximate surface area is 176 Å². The van der Waals surface area contributed by atoms with Crippen LogP contribution < -0.4 is 21.3 Å². The molecule has 28 heavy (non-hydrogen) atoms. The molecular formula is C19H25Cl2N5O2. The number of anilines is 2. The highest BCUT2D eigenvalue weighted by atomic mass is 35.5. The second-order valence-corrected chi connectivity index (χ2v) is 6.14. The quantitative estimate of drug-likeness (QED) is 0.659. The molecule has 9 heteroatoms. The molecule has 1 aromatic carbocycles. The second-order valence-electron chi connectivity index (χ2n) is 6.14. The number of carbonyl (C=O) groups is 2. The summed E-state index contributed by atoms with van der Waals surface area (Å²) in [4.78, 5) is 31.3. The van der Waals surface area contributed by atoms with Gasteiger partial charge in [0.15, 0.2) is 0 Å². The maximum atomic E-state index is 12.5. The van der Waals surface area contributed by atoms with Crippen molar-refractivity contribution >= 4 is 48.1 Å². The van der Waals surface area contributed by atoms with Crippen molar-refractivity contribution in [2.45, 2.75) is 12.8 Å². The number of benzene rings is 1. The zero-order valence-electron chi connectivity index (χ0n) is 15.4. The summed E-state index contributed by atoms with van der Waals surface area (Å²) in [5.74, 6) is 0.319. The highest BCUT2D eigenvalue weighted by Crippen LogP contribution is 2.19. The van der Waals surface area contributed by atoms with Crippen molar-refractivity contribution in [3.63, 3.8) is 0 Å². The maximum absolute atomic E-state index is 12.5. The predicted octanol–water partition coefficient (Wildman–Crippen LogP) is 2.47. The molecule has 0 bridgehead atoms. The minimum atomic E-state index is -0.301. The Morgan fingerprint density at radius 3 is 2.39 bits per heavy atom. The Hall–Kier alpha value is -2.35. The van der Waals surface area contributed by atoms with Crippen LogP contribution in [-0.2, 0) is 0 Å². The first-order chi connectivity index (χ1) is 12.7. The highest BCUT2D eigenvalue weighted by molar-refractivity contribution is 6.08. The summed E-state index contributed by atoms with van der Waals surface area (Å²) < 4.78 is 0. The lowest BCUT2D eigenvalue weighted by molar-refractivity contribution is 0.0955. The Balaban J connectivity index is 0.00000196. The zero-order chi connectivity index (χ0) is 18.4. The molecule has 2 amide bonds. The molecule has 1 saturated heterocycles. The summed E-state index contributed by atoms with van der Waals surface area (Å²) in [6.07, 6.45) is 3.92. The number of pyridine rings is 1. The van der Waals surface area contributed by atoms with Crippen LogP contribution in [0.25, 0.3) is 0 Å². The van der Waals surface area contributed by atoms with E-state index in [0.29, 0.717) is 29.9 Å². The lowest BCUT2D eigenvalue weighted by Gasteiger charge is -2.16. The van der Waals surface area contributed by atoms with Gasteiger partial charge in [-0.15, -0.1) is 24.8 Å². The van der Waals surface area contributed by atoms with E-state index in [-0.39, 0.29) is 36.6 Å². The molecule has 4 N–H and O–H groups in total. The standard InChI is InChI=1S/C19H23N5O2.2ClH/c20-9-10-21-19(26)15-5-1-2-6-16(15)23-18(25)14-7-8-17(22-13-14)24-11-3-4-12-24;;/h1-2,5-8,13H,3-4,9-12,20H2,(H,21,26)(H,23,25);2*1H. The fourth-order valence-electron chi connectivity index (χ4n) is 2.92. The number of rotatable bonds is 6. The van der Waals surface area contributed by atoms with Crippen molar-refractivity contribution in [1.82, 2.24) is 10.3 Å². The van der Waals surface area contributed by atoms with Gasteiger partial charge in [-0.2, -0.15) is 0 Å². The van der Waals surface area contributed by atoms with Crippen LogP contribution in [0.15, 0.2) is 42.6 Å². The Bertz CT molecular complexity index is 780. The lowest BCUT2D eigenvalue weighted by Crippen LogP contribution is -2.30. The van der Waals surface area contributed by atoms with E-state index in [9.17, 15) is 9.59 Å². The number of para-hydroxylation sites is 1. The van der Waals surface area contributed by atoms with Gasteiger partial charge in [0.2, 0.25) is 0 Å². The fourth-order valence-corrected chi connectivity index (χ4v) is 2.92. The van der Waals surface area contributed by atoms with E-state index in [2.05, 4.69) is 20.5 Å². The first-order valence-corrected chi connectivity index (χ1v) is 8.78. The van der Waals surface area contributed by atoms with Crippen LogP contribution in [-0.4, -0.2) is 43.0 Å². The number of halogens is 2. The Kier molecular flexibility index (Phi) is 9.72. The van der Waals surface area contributed by atoms with E-state index in [0.717, 1.165) is 18.9 Å². The number of hydrogen-bond acceptors (Lipinski definition) is 5. The monoisotopic (exact) mass is 425 g/mol. The summed E-state index contributed by atoms with van der Waals surface area (Å²) in [6.45, 7) is 2.74. The molecule has 1 aromatic heterocycles. The molecule has 2 heterocycles. The topological polar surface area (TPSA) is 100 Å². The van der Waals surface area contributed by atoms with Gasteiger partial charge in [-0.1, -0.05) is 12.1 Å². The van der Waals surface area contributed by atoms with Crippen molar-refractivity contribution in [1.29, 1.82) is 0 Å². The summed E-state index contributed by atoms with van der Waals surface area (Å²) in [6, 6.07) is 10.5. The largest absolute Gasteiger partial charge is 0.357 e. The van der Waals surface area contributed by atoms with Gasteiger partial charge < -0.3 is 21.3 Å². The summed E-state index contributed by atoms with van der Waals surface area (Å²) in [5, 5.41) is 5.50. The van der Waals surface area contributed by atoms with Crippen LogP contribution in [0.3, 0.4) is 0 Å². The summed E-state index contributed by atoms with van der Waals surface area (Å²) >= 11 is 0. The molecular weight excluding hydrogens is 401 g/mol. The van der Waals surface area contributed by atoms with Gasteiger partial charge in [0.25, 0.3) is 11.8 Å². The van der Waals surface area contributed by atoms with E-state index >= 15 is 0 Å². The molecule has 0 aliphatic carbocycles. The first kappa shape index (κ1) is 23.7. The smallest absolute Gasteiger partial charge is 0.257 e. The van der Waals surface area contributed by atoms with Crippen LogP contribution in [0.4, 0.5) is 11.5 Å². The van der Waals surface area contributed by atoms with Crippen molar-refractivity contribution < 1.29 is 9.59 Å². The number of aromatic nitrogens is 1. The number of nitrogens with one attached hydrogen (secondary N) is 2. The van der Waals surface area contributed by atoms with Crippen molar-refractivity contribution in [2.24, 2.45) is 5.73 Å². The summed E-state index contributed by atoms with van der Waals surface area (Å²) in [7, 11) is 0.